The molecule has 3 aromatic rings. The molecule has 43 heavy (non-hydrogen) atoms. The Morgan fingerprint density at radius 2 is 1.56 bits per heavy atom. The van der Waals surface area contributed by atoms with E-state index >= 15 is 0 Å². The van der Waals surface area contributed by atoms with E-state index in [1.54, 1.807) is 54.6 Å². The Bertz CT molecular complexity index is 1450. The van der Waals surface area contributed by atoms with Crippen LogP contribution in [-0.2, 0) is 22.6 Å². The zero-order valence-electron chi connectivity index (χ0n) is 24.9. The Kier molecular flexibility index (Phi) is 11.4. The van der Waals surface area contributed by atoms with Crippen molar-refractivity contribution < 1.29 is 29.4 Å². The Hall–Kier alpha value is -4.70. The first-order valence-corrected chi connectivity index (χ1v) is 14.3. The SMILES string of the molecule is CC[C@@H](C)[C@H](NC(=O)c1cc(Cc2ccc(O)cc2)cc(NC(=O)[C@@H](N)C(C)C)c1)C(=O)NCc1ccccc1C(=O)O. The Morgan fingerprint density at radius 1 is 0.884 bits per heavy atom. The van der Waals surface area contributed by atoms with Crippen LogP contribution in [-0.4, -0.2) is 46.0 Å². The quantitative estimate of drug-likeness (QED) is 0.175. The van der Waals surface area contributed by atoms with E-state index in [0.717, 1.165) is 11.1 Å². The number of amides is 3. The smallest absolute Gasteiger partial charge is 0.336 e. The number of benzene rings is 3. The van der Waals surface area contributed by atoms with Crippen molar-refractivity contribution in [1.29, 1.82) is 0 Å². The van der Waals surface area contributed by atoms with Gasteiger partial charge in [-0.05, 0) is 71.3 Å². The molecule has 3 aromatic carbocycles. The van der Waals surface area contributed by atoms with E-state index in [-0.39, 0.29) is 41.2 Å². The summed E-state index contributed by atoms with van der Waals surface area (Å²) in [4.78, 5) is 51.2. The summed E-state index contributed by atoms with van der Waals surface area (Å²) < 4.78 is 0. The maximum Gasteiger partial charge on any atom is 0.336 e. The van der Waals surface area contributed by atoms with Gasteiger partial charge in [0.2, 0.25) is 11.8 Å². The fourth-order valence-electron chi connectivity index (χ4n) is 4.48. The second-order valence-corrected chi connectivity index (χ2v) is 11.0. The first-order chi connectivity index (χ1) is 20.4. The van der Waals surface area contributed by atoms with Crippen LogP contribution in [0.5, 0.6) is 5.75 Å². The van der Waals surface area contributed by atoms with Gasteiger partial charge in [-0.2, -0.15) is 0 Å². The number of phenols is 1. The van der Waals surface area contributed by atoms with Crippen molar-refractivity contribution in [2.24, 2.45) is 17.6 Å². The van der Waals surface area contributed by atoms with E-state index < -0.39 is 29.9 Å². The number of carbonyl (C=O) groups is 4. The highest BCUT2D eigenvalue weighted by atomic mass is 16.4. The maximum absolute atomic E-state index is 13.6. The van der Waals surface area contributed by atoms with Crippen LogP contribution in [0.15, 0.2) is 66.7 Å². The average molecular weight is 589 g/mol. The first-order valence-electron chi connectivity index (χ1n) is 14.3. The van der Waals surface area contributed by atoms with Gasteiger partial charge in [-0.1, -0.05) is 64.4 Å². The zero-order valence-corrected chi connectivity index (χ0v) is 24.9. The molecule has 0 aliphatic rings. The fraction of sp³-hybridized carbons (Fsp3) is 0.333. The van der Waals surface area contributed by atoms with Crippen molar-refractivity contribution >= 4 is 29.4 Å². The zero-order chi connectivity index (χ0) is 31.7. The number of carboxylic acid groups (broad SMARTS) is 1. The van der Waals surface area contributed by atoms with E-state index in [1.807, 2.05) is 27.7 Å². The monoisotopic (exact) mass is 588 g/mol. The number of nitrogens with one attached hydrogen (secondary N) is 3. The topological polar surface area (TPSA) is 171 Å². The lowest BCUT2D eigenvalue weighted by atomic mass is 9.96. The number of hydrogen-bond acceptors (Lipinski definition) is 6. The lowest BCUT2D eigenvalue weighted by molar-refractivity contribution is -0.124. The molecule has 0 saturated carbocycles. The van der Waals surface area contributed by atoms with Crippen LogP contribution in [0.4, 0.5) is 5.69 Å². The lowest BCUT2D eigenvalue weighted by Gasteiger charge is -2.24. The predicted molar refractivity (Wildman–Crippen MR) is 165 cm³/mol. The molecule has 0 aromatic heterocycles. The molecule has 3 atom stereocenters. The molecule has 0 aliphatic carbocycles. The number of phenolic OH excluding ortho intramolecular Hbond substituents is 1. The molecule has 3 rings (SSSR count). The van der Waals surface area contributed by atoms with Crippen LogP contribution in [0.25, 0.3) is 0 Å². The van der Waals surface area contributed by atoms with E-state index in [2.05, 4.69) is 16.0 Å². The number of anilines is 1. The van der Waals surface area contributed by atoms with Gasteiger partial charge in [0, 0.05) is 17.8 Å². The normalized spacial score (nSPS) is 13.1. The molecule has 0 heterocycles. The summed E-state index contributed by atoms with van der Waals surface area (Å²) in [5.74, 6) is -2.64. The van der Waals surface area contributed by atoms with Gasteiger partial charge >= 0.3 is 5.97 Å². The summed E-state index contributed by atoms with van der Waals surface area (Å²) in [5.41, 5.74) is 8.79. The standard InChI is InChI=1S/C33H40N4O6/c1-5-20(4)29(32(41)35-18-23-8-6-7-9-27(23)33(42)43)37-30(39)24-15-22(14-21-10-12-26(38)13-11-21)16-25(17-24)36-31(40)28(34)19(2)3/h6-13,15-17,19-20,28-29,38H,5,14,18,34H2,1-4H3,(H,35,41)(H,36,40)(H,37,39)(H,42,43)/t20-,28+,29+/m1/s1. The minimum Gasteiger partial charge on any atom is -0.508 e. The van der Waals surface area contributed by atoms with E-state index in [0.29, 0.717) is 24.1 Å². The minimum absolute atomic E-state index is 0.0154. The molecule has 0 spiro atoms. The molecule has 10 heteroatoms. The van der Waals surface area contributed by atoms with Crippen molar-refractivity contribution in [2.45, 2.75) is 59.2 Å². The predicted octanol–water partition coefficient (Wildman–Crippen LogP) is 4.06. The maximum atomic E-state index is 13.6. The van der Waals surface area contributed by atoms with Gasteiger partial charge in [0.25, 0.3) is 5.91 Å². The van der Waals surface area contributed by atoms with Crippen LogP contribution in [0.3, 0.4) is 0 Å². The largest absolute Gasteiger partial charge is 0.508 e. The molecule has 7 N–H and O–H groups in total. The first kappa shape index (κ1) is 32.8. The van der Waals surface area contributed by atoms with E-state index in [9.17, 15) is 29.4 Å². The highest BCUT2D eigenvalue weighted by Crippen LogP contribution is 2.21. The Balaban J connectivity index is 1.87. The third kappa shape index (κ3) is 9.14. The second-order valence-electron chi connectivity index (χ2n) is 11.0. The number of aromatic carboxylic acids is 1. The number of rotatable bonds is 13. The molecule has 10 nitrogen and oxygen atoms in total. The third-order valence-electron chi connectivity index (χ3n) is 7.37. The van der Waals surface area contributed by atoms with E-state index in [1.165, 1.54) is 12.1 Å². The summed E-state index contributed by atoms with van der Waals surface area (Å²) in [6.45, 7) is 7.41. The average Bonchev–Trinajstić information content (AvgIpc) is 2.98. The summed E-state index contributed by atoms with van der Waals surface area (Å²) in [7, 11) is 0. The van der Waals surface area contributed by atoms with Gasteiger partial charge in [-0.15, -0.1) is 0 Å². The van der Waals surface area contributed by atoms with Crippen LogP contribution in [0.2, 0.25) is 0 Å². The summed E-state index contributed by atoms with van der Waals surface area (Å²) >= 11 is 0. The molecule has 0 bridgehead atoms. The van der Waals surface area contributed by atoms with E-state index in [4.69, 9.17) is 5.73 Å². The molecule has 0 unspecified atom stereocenters. The van der Waals surface area contributed by atoms with Gasteiger partial charge in [0.05, 0.1) is 11.6 Å². The molecule has 0 fully saturated rings. The summed E-state index contributed by atoms with van der Waals surface area (Å²) in [6, 6.07) is 16.4. The van der Waals surface area contributed by atoms with Gasteiger partial charge in [0.1, 0.15) is 11.8 Å². The van der Waals surface area contributed by atoms with Crippen molar-refractivity contribution in [2.75, 3.05) is 5.32 Å². The molecule has 0 saturated heterocycles. The van der Waals surface area contributed by atoms with Gasteiger partial charge in [-0.3, -0.25) is 14.4 Å². The van der Waals surface area contributed by atoms with Crippen molar-refractivity contribution in [3.05, 3.63) is 94.5 Å². The number of carbonyl (C=O) groups excluding carboxylic acids is 3. The second kappa shape index (κ2) is 15.0. The Labute approximate surface area is 251 Å². The number of nitrogens with two attached hydrogens (primary N) is 1. The van der Waals surface area contributed by atoms with Gasteiger partial charge in [-0.25, -0.2) is 4.79 Å². The Morgan fingerprint density at radius 3 is 2.19 bits per heavy atom. The van der Waals surface area contributed by atoms with Crippen LogP contribution >= 0.6 is 0 Å². The van der Waals surface area contributed by atoms with Crippen LogP contribution < -0.4 is 21.7 Å². The van der Waals surface area contributed by atoms with Crippen molar-refractivity contribution in [1.82, 2.24) is 10.6 Å². The number of aromatic hydroxyl groups is 1. The van der Waals surface area contributed by atoms with Crippen molar-refractivity contribution in [3.63, 3.8) is 0 Å². The summed E-state index contributed by atoms with van der Waals surface area (Å²) in [6.07, 6.45) is 1.01. The molecule has 228 valence electrons. The molecule has 0 aliphatic heterocycles. The molecule has 3 amide bonds. The van der Waals surface area contributed by atoms with Crippen LogP contribution in [0.1, 0.15) is 71.5 Å². The third-order valence-corrected chi connectivity index (χ3v) is 7.37. The van der Waals surface area contributed by atoms with Gasteiger partial charge in [0.15, 0.2) is 0 Å². The highest BCUT2D eigenvalue weighted by molar-refractivity contribution is 6.00. The summed E-state index contributed by atoms with van der Waals surface area (Å²) in [5, 5.41) is 27.5. The number of hydrogen-bond donors (Lipinski definition) is 6. The van der Waals surface area contributed by atoms with Crippen LogP contribution in [0, 0.1) is 11.8 Å². The molecule has 0 radical (unpaired) electrons. The highest BCUT2D eigenvalue weighted by Gasteiger charge is 2.27. The minimum atomic E-state index is -1.10. The molecular weight excluding hydrogens is 548 g/mol. The van der Waals surface area contributed by atoms with Crippen molar-refractivity contribution in [3.8, 4) is 5.75 Å². The van der Waals surface area contributed by atoms with Gasteiger partial charge < -0.3 is 31.9 Å². The lowest BCUT2D eigenvalue weighted by Crippen LogP contribution is -2.50. The molecular formula is C33H40N4O6. The number of carboxylic acids is 1. The fourth-order valence-corrected chi connectivity index (χ4v) is 4.48.